The van der Waals surface area contributed by atoms with E-state index in [0.29, 0.717) is 21.0 Å². The van der Waals surface area contributed by atoms with Gasteiger partial charge in [-0.1, -0.05) is 34.7 Å². The zero-order valence-electron chi connectivity index (χ0n) is 13.1. The molecule has 3 rings (SSSR count). The highest BCUT2D eigenvalue weighted by Crippen LogP contribution is 2.26. The molecular weight excluding hydrogens is 387 g/mol. The highest BCUT2D eigenvalue weighted by Gasteiger charge is 2.16. The number of anilines is 2. The number of hydrogen-bond acceptors (Lipinski definition) is 7. The van der Waals surface area contributed by atoms with Crippen LogP contribution in [-0.2, 0) is 9.53 Å². The van der Waals surface area contributed by atoms with E-state index in [4.69, 9.17) is 16.3 Å². The summed E-state index contributed by atoms with van der Waals surface area (Å²) >= 11 is 8.41. The molecule has 1 unspecified atom stereocenters. The first-order valence-corrected chi connectivity index (χ1v) is 9.85. The number of hydrogen-bond donors (Lipinski definition) is 2. The van der Waals surface area contributed by atoms with E-state index in [9.17, 15) is 9.18 Å². The van der Waals surface area contributed by atoms with Gasteiger partial charge in [-0.2, -0.15) is 0 Å². The number of carbonyl (C=O) groups excluding carboxylic acids is 1. The average molecular weight is 403 g/mol. The third kappa shape index (κ3) is 5.53. The van der Waals surface area contributed by atoms with Gasteiger partial charge in [-0.25, -0.2) is 4.39 Å². The molecule has 134 valence electrons. The first-order valence-electron chi connectivity index (χ1n) is 7.67. The normalized spacial score (nSPS) is 16.8. The Morgan fingerprint density at radius 2 is 2.36 bits per heavy atom. The van der Waals surface area contributed by atoms with Gasteiger partial charge in [0.2, 0.25) is 11.0 Å². The first-order chi connectivity index (χ1) is 12.1. The number of amides is 1. The van der Waals surface area contributed by atoms with Crippen LogP contribution in [0.5, 0.6) is 0 Å². The van der Waals surface area contributed by atoms with Gasteiger partial charge in [-0.05, 0) is 31.0 Å². The van der Waals surface area contributed by atoms with Crippen LogP contribution in [0, 0.1) is 5.82 Å². The molecule has 6 nitrogen and oxygen atoms in total. The van der Waals surface area contributed by atoms with Crippen LogP contribution in [0.1, 0.15) is 12.8 Å². The molecule has 0 bridgehead atoms. The van der Waals surface area contributed by atoms with Gasteiger partial charge in [0.1, 0.15) is 5.82 Å². The highest BCUT2D eigenvalue weighted by molar-refractivity contribution is 8.01. The van der Waals surface area contributed by atoms with Gasteiger partial charge in [-0.3, -0.25) is 4.79 Å². The standard InChI is InChI=1S/C15H16ClFN4O2S2/c16-9-3-4-11(17)12(6-9)19-13(22)8-24-15-21-20-14(25-15)18-7-10-2-1-5-23-10/h3-4,6,10H,1-2,5,7-8H2,(H,18,20)(H,19,22). The van der Waals surface area contributed by atoms with Crippen molar-refractivity contribution in [3.05, 3.63) is 29.0 Å². The van der Waals surface area contributed by atoms with E-state index in [0.717, 1.165) is 19.4 Å². The Morgan fingerprint density at radius 1 is 1.48 bits per heavy atom. The second-order valence-corrected chi connectivity index (χ2v) is 7.99. The summed E-state index contributed by atoms with van der Waals surface area (Å²) in [6, 6.07) is 4.01. The molecule has 0 radical (unpaired) electrons. The second kappa shape index (κ2) is 8.79. The molecule has 2 N–H and O–H groups in total. The molecule has 0 saturated carbocycles. The van der Waals surface area contributed by atoms with Crippen LogP contribution < -0.4 is 10.6 Å². The van der Waals surface area contributed by atoms with Crippen LogP contribution in [0.25, 0.3) is 0 Å². The van der Waals surface area contributed by atoms with E-state index in [1.165, 1.54) is 41.3 Å². The Kier molecular flexibility index (Phi) is 6.46. The maximum absolute atomic E-state index is 13.6. The summed E-state index contributed by atoms with van der Waals surface area (Å²) in [5.41, 5.74) is 0.0642. The fraction of sp³-hybridized carbons (Fsp3) is 0.400. The van der Waals surface area contributed by atoms with Gasteiger partial charge < -0.3 is 15.4 Å². The molecule has 25 heavy (non-hydrogen) atoms. The maximum atomic E-state index is 13.6. The van der Waals surface area contributed by atoms with Crippen molar-refractivity contribution in [2.75, 3.05) is 29.5 Å². The minimum Gasteiger partial charge on any atom is -0.376 e. The Balaban J connectivity index is 1.45. The minimum absolute atomic E-state index is 0.0642. The number of benzene rings is 1. The molecule has 1 amide bonds. The number of nitrogens with zero attached hydrogens (tertiary/aromatic N) is 2. The Labute approximate surface area is 157 Å². The van der Waals surface area contributed by atoms with Crippen LogP contribution in [0.3, 0.4) is 0 Å². The summed E-state index contributed by atoms with van der Waals surface area (Å²) in [6.45, 7) is 1.51. The molecule has 2 heterocycles. The van der Waals surface area contributed by atoms with Crippen LogP contribution >= 0.6 is 34.7 Å². The zero-order chi connectivity index (χ0) is 17.6. The van der Waals surface area contributed by atoms with Gasteiger partial charge in [0, 0.05) is 18.2 Å². The van der Waals surface area contributed by atoms with Crippen molar-refractivity contribution in [1.29, 1.82) is 0 Å². The molecule has 1 aromatic carbocycles. The van der Waals surface area contributed by atoms with Gasteiger partial charge >= 0.3 is 0 Å². The van der Waals surface area contributed by atoms with Crippen molar-refractivity contribution in [2.24, 2.45) is 0 Å². The van der Waals surface area contributed by atoms with E-state index in [1.54, 1.807) is 0 Å². The molecule has 1 aromatic heterocycles. The highest BCUT2D eigenvalue weighted by atomic mass is 35.5. The summed E-state index contributed by atoms with van der Waals surface area (Å²) in [5, 5.41) is 14.8. The maximum Gasteiger partial charge on any atom is 0.234 e. The largest absolute Gasteiger partial charge is 0.376 e. The number of rotatable bonds is 7. The molecule has 0 aliphatic carbocycles. The van der Waals surface area contributed by atoms with Crippen LogP contribution in [0.15, 0.2) is 22.5 Å². The zero-order valence-corrected chi connectivity index (χ0v) is 15.5. The number of halogens is 2. The molecule has 10 heteroatoms. The average Bonchev–Trinajstić information content (AvgIpc) is 3.26. The van der Waals surface area contributed by atoms with E-state index in [-0.39, 0.29) is 23.5 Å². The Hall–Kier alpha value is -1.42. The van der Waals surface area contributed by atoms with Gasteiger partial charge in [-0.15, -0.1) is 10.2 Å². The third-order valence-corrected chi connectivity index (χ3v) is 5.69. The number of ether oxygens (including phenoxy) is 1. The topological polar surface area (TPSA) is 76.1 Å². The Morgan fingerprint density at radius 3 is 3.16 bits per heavy atom. The second-order valence-electron chi connectivity index (χ2n) is 5.35. The summed E-state index contributed by atoms with van der Waals surface area (Å²) in [6.07, 6.45) is 2.36. The van der Waals surface area contributed by atoms with Gasteiger partial charge in [0.15, 0.2) is 4.34 Å². The molecule has 1 atom stereocenters. The predicted molar refractivity (Wildman–Crippen MR) is 98.1 cm³/mol. The lowest BCUT2D eigenvalue weighted by Gasteiger charge is -2.08. The lowest BCUT2D eigenvalue weighted by molar-refractivity contribution is -0.113. The van der Waals surface area contributed by atoms with E-state index in [2.05, 4.69) is 20.8 Å². The molecular formula is C15H16ClFN4O2S2. The number of aromatic nitrogens is 2. The fourth-order valence-electron chi connectivity index (χ4n) is 2.25. The lowest BCUT2D eigenvalue weighted by Crippen LogP contribution is -2.18. The van der Waals surface area contributed by atoms with Crippen molar-refractivity contribution < 1.29 is 13.9 Å². The monoisotopic (exact) mass is 402 g/mol. The minimum atomic E-state index is -0.528. The molecule has 1 aliphatic heterocycles. The van der Waals surface area contributed by atoms with Crippen molar-refractivity contribution in [3.63, 3.8) is 0 Å². The quantitative estimate of drug-likeness (QED) is 0.688. The summed E-state index contributed by atoms with van der Waals surface area (Å²) < 4.78 is 19.8. The van der Waals surface area contributed by atoms with Crippen molar-refractivity contribution in [3.8, 4) is 0 Å². The molecule has 2 aromatic rings. The van der Waals surface area contributed by atoms with Crippen molar-refractivity contribution in [1.82, 2.24) is 10.2 Å². The number of thioether (sulfide) groups is 1. The smallest absolute Gasteiger partial charge is 0.234 e. The van der Waals surface area contributed by atoms with E-state index in [1.807, 2.05) is 0 Å². The van der Waals surface area contributed by atoms with Gasteiger partial charge in [0.25, 0.3) is 0 Å². The fourth-order valence-corrected chi connectivity index (χ4v) is 3.98. The number of carbonyl (C=O) groups is 1. The van der Waals surface area contributed by atoms with Crippen LogP contribution in [0.4, 0.5) is 15.2 Å². The van der Waals surface area contributed by atoms with Gasteiger partial charge in [0.05, 0.1) is 17.5 Å². The summed E-state index contributed by atoms with van der Waals surface area (Å²) in [4.78, 5) is 11.9. The lowest BCUT2D eigenvalue weighted by atomic mass is 10.2. The van der Waals surface area contributed by atoms with E-state index < -0.39 is 5.82 Å². The van der Waals surface area contributed by atoms with Crippen molar-refractivity contribution in [2.45, 2.75) is 23.3 Å². The molecule has 0 spiro atoms. The summed E-state index contributed by atoms with van der Waals surface area (Å²) in [7, 11) is 0. The SMILES string of the molecule is O=C(CSc1nnc(NCC2CCCO2)s1)Nc1cc(Cl)ccc1F. The molecule has 1 aliphatic rings. The van der Waals surface area contributed by atoms with Crippen molar-refractivity contribution >= 4 is 51.4 Å². The Bertz CT molecular complexity index is 740. The molecule has 1 fully saturated rings. The predicted octanol–water partition coefficient (Wildman–Crippen LogP) is 3.65. The number of nitrogens with one attached hydrogen (secondary N) is 2. The van der Waals surface area contributed by atoms with Crippen LogP contribution in [-0.4, -0.2) is 41.1 Å². The molecule has 1 saturated heterocycles. The summed E-state index contributed by atoms with van der Waals surface area (Å²) in [5.74, 6) is -0.763. The van der Waals surface area contributed by atoms with Crippen LogP contribution in [0.2, 0.25) is 5.02 Å². The van der Waals surface area contributed by atoms with E-state index >= 15 is 0 Å². The first kappa shape index (κ1) is 18.4. The third-order valence-electron chi connectivity index (χ3n) is 3.44.